The first kappa shape index (κ1) is 19.2. The summed E-state index contributed by atoms with van der Waals surface area (Å²) in [5, 5.41) is 15.5. The molecule has 0 bridgehead atoms. The minimum absolute atomic E-state index is 0.0806. The molecular formula is C21H29N4O2S+. The lowest BCUT2D eigenvalue weighted by Crippen LogP contribution is -3.13. The monoisotopic (exact) mass is 401 g/mol. The Hall–Kier alpha value is -2.12. The van der Waals surface area contributed by atoms with E-state index in [2.05, 4.69) is 29.1 Å². The molecule has 2 aromatic heterocycles. The lowest BCUT2D eigenvalue weighted by molar-refractivity contribution is -0.933. The summed E-state index contributed by atoms with van der Waals surface area (Å²) in [6, 6.07) is 8.41. The SMILES string of the molecule is CCOc1ccc([C@H](c2sc3nc(CC)nn3c2O)[NH+]2CCC[C@H](C)C2)cc1. The molecule has 150 valence electrons. The number of nitrogens with zero attached hydrogens (tertiary/aromatic N) is 3. The zero-order valence-electron chi connectivity index (χ0n) is 16.8. The Labute approximate surface area is 169 Å². The second-order valence-electron chi connectivity index (χ2n) is 7.66. The molecule has 0 saturated carbocycles. The Kier molecular flexibility index (Phi) is 5.55. The predicted octanol–water partition coefficient (Wildman–Crippen LogP) is 2.86. The molecule has 3 aromatic rings. The number of aromatic hydroxyl groups is 1. The van der Waals surface area contributed by atoms with Gasteiger partial charge in [0, 0.05) is 17.9 Å². The maximum absolute atomic E-state index is 11.0. The van der Waals surface area contributed by atoms with E-state index in [4.69, 9.17) is 4.74 Å². The minimum atomic E-state index is 0.0806. The van der Waals surface area contributed by atoms with E-state index in [1.165, 1.54) is 23.3 Å². The first-order valence-electron chi connectivity index (χ1n) is 10.2. The second kappa shape index (κ2) is 8.09. The molecule has 1 aliphatic rings. The van der Waals surface area contributed by atoms with E-state index in [0.29, 0.717) is 12.5 Å². The number of benzene rings is 1. The number of nitrogens with one attached hydrogen (secondary N) is 1. The first-order valence-corrected chi connectivity index (χ1v) is 11.1. The van der Waals surface area contributed by atoms with Crippen LogP contribution in [0.25, 0.3) is 4.96 Å². The van der Waals surface area contributed by atoms with Crippen LogP contribution in [0.1, 0.15) is 55.9 Å². The molecule has 4 rings (SSSR count). The summed E-state index contributed by atoms with van der Waals surface area (Å²) < 4.78 is 7.22. The van der Waals surface area contributed by atoms with Crippen molar-refractivity contribution in [2.75, 3.05) is 19.7 Å². The minimum Gasteiger partial charge on any atom is -0.494 e. The lowest BCUT2D eigenvalue weighted by Gasteiger charge is -2.34. The Morgan fingerprint density at radius 1 is 1.32 bits per heavy atom. The molecule has 1 saturated heterocycles. The van der Waals surface area contributed by atoms with Crippen LogP contribution in [0.15, 0.2) is 24.3 Å². The normalized spacial score (nSPS) is 21.1. The molecule has 3 atom stereocenters. The standard InChI is InChI=1S/C21H28N4O2S/c1-4-17-22-21-25(23-17)20(26)19(28-21)18(24-12-6-7-14(3)13-24)15-8-10-16(11-9-15)27-5-2/h8-11,14,18,26H,4-7,12-13H2,1-3H3/p+1/t14-,18+/m0/s1. The summed E-state index contributed by atoms with van der Waals surface area (Å²) in [4.78, 5) is 7.79. The number of quaternary nitrogens is 1. The molecule has 6 nitrogen and oxygen atoms in total. The summed E-state index contributed by atoms with van der Waals surface area (Å²) in [6.07, 6.45) is 3.26. The number of thiazole rings is 1. The summed E-state index contributed by atoms with van der Waals surface area (Å²) in [7, 11) is 0. The third kappa shape index (κ3) is 3.61. The van der Waals surface area contributed by atoms with Crippen LogP contribution in [0.5, 0.6) is 11.6 Å². The van der Waals surface area contributed by atoms with Crippen molar-refractivity contribution in [2.24, 2.45) is 5.92 Å². The summed E-state index contributed by atoms with van der Waals surface area (Å²) in [5.41, 5.74) is 1.20. The predicted molar refractivity (Wildman–Crippen MR) is 110 cm³/mol. The van der Waals surface area contributed by atoms with Crippen LogP contribution in [-0.2, 0) is 6.42 Å². The fraction of sp³-hybridized carbons (Fsp3) is 0.524. The molecule has 1 fully saturated rings. The van der Waals surface area contributed by atoms with Crippen molar-refractivity contribution in [1.82, 2.24) is 14.6 Å². The Bertz CT molecular complexity index is 934. The number of aromatic nitrogens is 3. The lowest BCUT2D eigenvalue weighted by atomic mass is 9.95. The van der Waals surface area contributed by atoms with Gasteiger partial charge in [-0.25, -0.2) is 4.98 Å². The number of hydrogen-bond acceptors (Lipinski definition) is 5. The quantitative estimate of drug-likeness (QED) is 0.667. The average Bonchev–Trinajstić information content (AvgIpc) is 3.23. The number of aryl methyl sites for hydroxylation is 1. The van der Waals surface area contributed by atoms with Gasteiger partial charge in [0.2, 0.25) is 10.8 Å². The molecule has 1 aliphatic heterocycles. The van der Waals surface area contributed by atoms with E-state index < -0.39 is 0 Å². The van der Waals surface area contributed by atoms with Gasteiger partial charge in [-0.1, -0.05) is 25.2 Å². The van der Waals surface area contributed by atoms with E-state index in [-0.39, 0.29) is 11.9 Å². The van der Waals surface area contributed by atoms with Gasteiger partial charge in [0.1, 0.15) is 10.6 Å². The molecule has 2 N–H and O–H groups in total. The molecule has 0 spiro atoms. The van der Waals surface area contributed by atoms with Crippen molar-refractivity contribution in [1.29, 1.82) is 0 Å². The molecule has 3 heterocycles. The van der Waals surface area contributed by atoms with Gasteiger partial charge in [-0.15, -0.1) is 5.10 Å². The highest BCUT2D eigenvalue weighted by molar-refractivity contribution is 7.17. The topological polar surface area (TPSA) is 64.1 Å². The molecule has 7 heteroatoms. The summed E-state index contributed by atoms with van der Waals surface area (Å²) >= 11 is 1.56. The number of ether oxygens (including phenoxy) is 1. The summed E-state index contributed by atoms with van der Waals surface area (Å²) in [5.74, 6) is 2.57. The number of piperidine rings is 1. The highest BCUT2D eigenvalue weighted by Crippen LogP contribution is 2.36. The molecule has 1 aromatic carbocycles. The molecule has 1 unspecified atom stereocenters. The highest BCUT2D eigenvalue weighted by atomic mass is 32.1. The van der Waals surface area contributed by atoms with Crippen molar-refractivity contribution < 1.29 is 14.7 Å². The number of rotatable bonds is 6. The Morgan fingerprint density at radius 3 is 2.75 bits per heavy atom. The van der Waals surface area contributed by atoms with Crippen LogP contribution in [0.4, 0.5) is 0 Å². The average molecular weight is 402 g/mol. The fourth-order valence-electron chi connectivity index (χ4n) is 4.22. The number of likely N-dealkylation sites (tertiary alicyclic amines) is 1. The Balaban J connectivity index is 1.76. The number of fused-ring (bicyclic) bond motifs is 1. The Morgan fingerprint density at radius 2 is 2.11 bits per heavy atom. The van der Waals surface area contributed by atoms with Gasteiger partial charge >= 0.3 is 0 Å². The smallest absolute Gasteiger partial charge is 0.235 e. The van der Waals surface area contributed by atoms with Crippen molar-refractivity contribution in [3.05, 3.63) is 40.5 Å². The zero-order chi connectivity index (χ0) is 19.7. The molecule has 0 aliphatic carbocycles. The van der Waals surface area contributed by atoms with Gasteiger partial charge in [0.25, 0.3) is 0 Å². The van der Waals surface area contributed by atoms with Crippen molar-refractivity contribution >= 4 is 16.3 Å². The van der Waals surface area contributed by atoms with E-state index in [1.54, 1.807) is 15.9 Å². The first-order chi connectivity index (χ1) is 13.6. The van der Waals surface area contributed by atoms with Crippen LogP contribution >= 0.6 is 11.3 Å². The van der Waals surface area contributed by atoms with E-state index >= 15 is 0 Å². The molecular weight excluding hydrogens is 372 g/mol. The van der Waals surface area contributed by atoms with E-state index in [1.807, 2.05) is 26.0 Å². The van der Waals surface area contributed by atoms with Crippen LogP contribution in [0.3, 0.4) is 0 Å². The van der Waals surface area contributed by atoms with Crippen molar-refractivity contribution in [3.8, 4) is 11.6 Å². The van der Waals surface area contributed by atoms with Gasteiger partial charge in [-0.2, -0.15) is 4.52 Å². The van der Waals surface area contributed by atoms with Crippen LogP contribution in [0.2, 0.25) is 0 Å². The van der Waals surface area contributed by atoms with Gasteiger partial charge in [-0.05, 0) is 44.0 Å². The van der Waals surface area contributed by atoms with Crippen LogP contribution in [-0.4, -0.2) is 39.4 Å². The van der Waals surface area contributed by atoms with Gasteiger partial charge in [0.05, 0.1) is 19.7 Å². The van der Waals surface area contributed by atoms with Gasteiger partial charge in [-0.3, -0.25) is 0 Å². The van der Waals surface area contributed by atoms with Gasteiger partial charge < -0.3 is 14.7 Å². The molecule has 28 heavy (non-hydrogen) atoms. The van der Waals surface area contributed by atoms with E-state index in [9.17, 15) is 5.11 Å². The summed E-state index contributed by atoms with van der Waals surface area (Å²) in [6.45, 7) is 9.21. The van der Waals surface area contributed by atoms with Crippen molar-refractivity contribution in [3.63, 3.8) is 0 Å². The maximum Gasteiger partial charge on any atom is 0.235 e. The van der Waals surface area contributed by atoms with Crippen LogP contribution in [0, 0.1) is 5.92 Å². The zero-order valence-corrected chi connectivity index (χ0v) is 17.6. The molecule has 0 amide bonds. The third-order valence-electron chi connectivity index (χ3n) is 5.56. The van der Waals surface area contributed by atoms with E-state index in [0.717, 1.165) is 40.9 Å². The largest absolute Gasteiger partial charge is 0.494 e. The fourth-order valence-corrected chi connectivity index (χ4v) is 5.38. The second-order valence-corrected chi connectivity index (χ2v) is 8.67. The van der Waals surface area contributed by atoms with Gasteiger partial charge in [0.15, 0.2) is 11.9 Å². The third-order valence-corrected chi connectivity index (χ3v) is 6.65. The van der Waals surface area contributed by atoms with Crippen molar-refractivity contribution in [2.45, 2.75) is 46.1 Å². The molecule has 0 radical (unpaired) electrons. The highest BCUT2D eigenvalue weighted by Gasteiger charge is 2.35. The maximum atomic E-state index is 11.0. The number of hydrogen-bond donors (Lipinski definition) is 2. The van der Waals surface area contributed by atoms with Crippen LogP contribution < -0.4 is 9.64 Å².